The average molecular weight is 358 g/mol. The summed E-state index contributed by atoms with van der Waals surface area (Å²) in [6.07, 6.45) is 3.19. The maximum Gasteiger partial charge on any atom is 0.240 e. The van der Waals surface area contributed by atoms with E-state index in [2.05, 4.69) is 28.2 Å². The van der Waals surface area contributed by atoms with Crippen LogP contribution in [0.2, 0.25) is 0 Å². The lowest BCUT2D eigenvalue weighted by Crippen LogP contribution is -2.45. The highest BCUT2D eigenvalue weighted by molar-refractivity contribution is 5.99. The minimum absolute atomic E-state index is 0.0440. The number of benzene rings is 1. The van der Waals surface area contributed by atoms with E-state index in [0.717, 1.165) is 63.2 Å². The molecule has 0 spiro atoms. The largest absolute Gasteiger partial charge is 0.355 e. The zero-order chi connectivity index (χ0) is 18.4. The molecule has 1 fully saturated rings. The van der Waals surface area contributed by atoms with E-state index in [9.17, 15) is 9.59 Å². The number of nitrogens with one attached hydrogen (secondary N) is 1. The van der Waals surface area contributed by atoms with Crippen molar-refractivity contribution in [3.63, 3.8) is 0 Å². The molecular weight excluding hydrogens is 328 g/mol. The van der Waals surface area contributed by atoms with Crippen LogP contribution < -0.4 is 10.2 Å². The minimum Gasteiger partial charge on any atom is -0.355 e. The molecule has 0 unspecified atom stereocenters. The van der Waals surface area contributed by atoms with E-state index in [1.807, 2.05) is 18.2 Å². The first-order chi connectivity index (χ1) is 12.6. The van der Waals surface area contributed by atoms with Crippen molar-refractivity contribution in [3.8, 4) is 0 Å². The van der Waals surface area contributed by atoms with Crippen molar-refractivity contribution in [3.05, 3.63) is 29.8 Å². The predicted octanol–water partition coefficient (Wildman–Crippen LogP) is 1.11. The molecular formula is C20H30N4O2. The monoisotopic (exact) mass is 358 g/mol. The van der Waals surface area contributed by atoms with Crippen LogP contribution in [0.15, 0.2) is 24.3 Å². The molecule has 1 saturated heterocycles. The molecule has 1 aromatic rings. The molecule has 0 radical (unpaired) electrons. The van der Waals surface area contributed by atoms with Crippen molar-refractivity contribution >= 4 is 17.5 Å². The molecule has 2 heterocycles. The van der Waals surface area contributed by atoms with Crippen molar-refractivity contribution in [2.75, 3.05) is 57.8 Å². The number of piperazine rings is 1. The Bertz CT molecular complexity index is 626. The van der Waals surface area contributed by atoms with E-state index < -0.39 is 0 Å². The molecule has 142 valence electrons. The third-order valence-corrected chi connectivity index (χ3v) is 5.29. The molecule has 2 aliphatic heterocycles. The lowest BCUT2D eigenvalue weighted by atomic mass is 10.1. The van der Waals surface area contributed by atoms with Gasteiger partial charge in [0.1, 0.15) is 6.54 Å². The number of likely N-dealkylation sites (N-methyl/N-ethyl adjacent to an activating group) is 1. The Morgan fingerprint density at radius 3 is 2.69 bits per heavy atom. The van der Waals surface area contributed by atoms with E-state index in [-0.39, 0.29) is 18.4 Å². The standard InChI is InChI=1S/C20H30N4O2/c1-22-12-14-23(15-13-22)11-5-10-21-19(25)16-24-18-8-3-2-6-17(18)7-4-9-20(24)26/h2-3,6,8H,4-5,7,9-16H2,1H3,(H,21,25). The van der Waals surface area contributed by atoms with Crippen LogP contribution in [0.25, 0.3) is 0 Å². The van der Waals surface area contributed by atoms with Gasteiger partial charge < -0.3 is 20.0 Å². The first-order valence-corrected chi connectivity index (χ1v) is 9.69. The Balaban J connectivity index is 1.45. The first-order valence-electron chi connectivity index (χ1n) is 9.69. The van der Waals surface area contributed by atoms with Crippen LogP contribution in [0.3, 0.4) is 0 Å². The molecule has 26 heavy (non-hydrogen) atoms. The van der Waals surface area contributed by atoms with Crippen LogP contribution in [-0.4, -0.2) is 74.5 Å². The molecule has 0 bridgehead atoms. The molecule has 2 aliphatic rings. The number of rotatable bonds is 6. The molecule has 0 aliphatic carbocycles. The number of aryl methyl sites for hydroxylation is 1. The van der Waals surface area contributed by atoms with Crippen LogP contribution in [-0.2, 0) is 16.0 Å². The van der Waals surface area contributed by atoms with Gasteiger partial charge in [-0.05, 0) is 44.5 Å². The number of carbonyl (C=O) groups excluding carboxylic acids is 2. The van der Waals surface area contributed by atoms with Gasteiger partial charge in [0.15, 0.2) is 0 Å². The highest BCUT2D eigenvalue weighted by atomic mass is 16.2. The summed E-state index contributed by atoms with van der Waals surface area (Å²) in [5, 5.41) is 2.98. The highest BCUT2D eigenvalue weighted by Gasteiger charge is 2.23. The van der Waals surface area contributed by atoms with Gasteiger partial charge in [0.05, 0.1) is 0 Å². The van der Waals surface area contributed by atoms with Gasteiger partial charge in [0.2, 0.25) is 11.8 Å². The van der Waals surface area contributed by atoms with Gasteiger partial charge >= 0.3 is 0 Å². The van der Waals surface area contributed by atoms with Crippen molar-refractivity contribution in [2.24, 2.45) is 0 Å². The van der Waals surface area contributed by atoms with Crippen LogP contribution in [0.5, 0.6) is 0 Å². The molecule has 6 heteroatoms. The number of fused-ring (bicyclic) bond motifs is 1. The Morgan fingerprint density at radius 2 is 1.88 bits per heavy atom. The smallest absolute Gasteiger partial charge is 0.240 e. The quantitative estimate of drug-likeness (QED) is 0.774. The molecule has 0 saturated carbocycles. The topological polar surface area (TPSA) is 55.9 Å². The van der Waals surface area contributed by atoms with Crippen molar-refractivity contribution in [2.45, 2.75) is 25.7 Å². The van der Waals surface area contributed by atoms with E-state index in [1.54, 1.807) is 4.90 Å². The first kappa shape index (κ1) is 18.9. The number of hydrogen-bond donors (Lipinski definition) is 1. The zero-order valence-electron chi connectivity index (χ0n) is 15.7. The maximum atomic E-state index is 12.4. The maximum absolute atomic E-state index is 12.4. The van der Waals surface area contributed by atoms with Crippen LogP contribution in [0, 0.1) is 0 Å². The lowest BCUT2D eigenvalue weighted by Gasteiger charge is -2.32. The molecule has 6 nitrogen and oxygen atoms in total. The fourth-order valence-corrected chi connectivity index (χ4v) is 3.66. The second-order valence-corrected chi connectivity index (χ2v) is 7.31. The van der Waals surface area contributed by atoms with E-state index in [1.165, 1.54) is 0 Å². The van der Waals surface area contributed by atoms with Crippen LogP contribution in [0.4, 0.5) is 5.69 Å². The van der Waals surface area contributed by atoms with Crippen LogP contribution in [0.1, 0.15) is 24.8 Å². The van der Waals surface area contributed by atoms with Gasteiger partial charge in [-0.15, -0.1) is 0 Å². The normalized spacial score (nSPS) is 19.1. The fourth-order valence-electron chi connectivity index (χ4n) is 3.66. The summed E-state index contributed by atoms with van der Waals surface area (Å²) >= 11 is 0. The molecule has 0 atom stereocenters. The summed E-state index contributed by atoms with van der Waals surface area (Å²) in [5.41, 5.74) is 2.05. The molecule has 0 aromatic heterocycles. The summed E-state index contributed by atoms with van der Waals surface area (Å²) in [4.78, 5) is 31.2. The van der Waals surface area contributed by atoms with Gasteiger partial charge in [-0.3, -0.25) is 9.59 Å². The van der Waals surface area contributed by atoms with E-state index in [0.29, 0.717) is 13.0 Å². The number of hydrogen-bond acceptors (Lipinski definition) is 4. The van der Waals surface area contributed by atoms with Crippen molar-refractivity contribution < 1.29 is 9.59 Å². The zero-order valence-corrected chi connectivity index (χ0v) is 15.7. The van der Waals surface area contributed by atoms with Gasteiger partial charge in [-0.1, -0.05) is 18.2 Å². The van der Waals surface area contributed by atoms with Gasteiger partial charge in [-0.2, -0.15) is 0 Å². The summed E-state index contributed by atoms with van der Waals surface area (Å²) in [6.45, 7) is 6.22. The molecule has 1 N–H and O–H groups in total. The van der Waals surface area contributed by atoms with Crippen LogP contribution >= 0.6 is 0 Å². The fraction of sp³-hybridized carbons (Fsp3) is 0.600. The van der Waals surface area contributed by atoms with Crippen molar-refractivity contribution in [1.82, 2.24) is 15.1 Å². The molecule has 2 amide bonds. The number of nitrogens with zero attached hydrogens (tertiary/aromatic N) is 3. The number of para-hydroxylation sites is 1. The Morgan fingerprint density at radius 1 is 1.12 bits per heavy atom. The third kappa shape index (κ3) is 5.05. The Labute approximate surface area is 156 Å². The Kier molecular flexibility index (Phi) is 6.63. The summed E-state index contributed by atoms with van der Waals surface area (Å²) in [6, 6.07) is 7.91. The van der Waals surface area contributed by atoms with Gasteiger partial charge in [0, 0.05) is 44.8 Å². The summed E-state index contributed by atoms with van der Waals surface area (Å²) < 4.78 is 0. The van der Waals surface area contributed by atoms with E-state index in [4.69, 9.17) is 0 Å². The average Bonchev–Trinajstić information content (AvgIpc) is 2.80. The Hall–Kier alpha value is -1.92. The number of anilines is 1. The van der Waals surface area contributed by atoms with Gasteiger partial charge in [-0.25, -0.2) is 0 Å². The number of amides is 2. The van der Waals surface area contributed by atoms with Crippen molar-refractivity contribution in [1.29, 1.82) is 0 Å². The molecule has 3 rings (SSSR count). The SMILES string of the molecule is CN1CCN(CCCNC(=O)CN2C(=O)CCCc3ccccc32)CC1. The predicted molar refractivity (Wildman–Crippen MR) is 103 cm³/mol. The second kappa shape index (κ2) is 9.14. The highest BCUT2D eigenvalue weighted by Crippen LogP contribution is 2.26. The third-order valence-electron chi connectivity index (χ3n) is 5.29. The summed E-state index contributed by atoms with van der Waals surface area (Å²) in [5.74, 6) is -0.0315. The lowest BCUT2D eigenvalue weighted by molar-refractivity contribution is -0.123. The number of carbonyl (C=O) groups is 2. The van der Waals surface area contributed by atoms with Gasteiger partial charge in [0.25, 0.3) is 0 Å². The summed E-state index contributed by atoms with van der Waals surface area (Å²) in [7, 11) is 2.15. The molecule has 1 aromatic carbocycles. The second-order valence-electron chi connectivity index (χ2n) is 7.31. The van der Waals surface area contributed by atoms with E-state index >= 15 is 0 Å². The minimum atomic E-state index is -0.0755.